The van der Waals surface area contributed by atoms with Gasteiger partial charge in [0.05, 0.1) is 0 Å². The highest BCUT2D eigenvalue weighted by Crippen LogP contribution is 2.24. The molecule has 0 amide bonds. The number of hydrogen-bond acceptors (Lipinski definition) is 2. The van der Waals surface area contributed by atoms with E-state index in [-0.39, 0.29) is 5.54 Å². The minimum absolute atomic E-state index is 0.275. The Balaban J connectivity index is 2.12. The molecule has 2 nitrogen and oxygen atoms in total. The zero-order chi connectivity index (χ0) is 14.6. The van der Waals surface area contributed by atoms with Crippen molar-refractivity contribution in [2.24, 2.45) is 0 Å². The highest BCUT2D eigenvalue weighted by molar-refractivity contribution is 6.30. The Hall–Kier alpha value is -0.570. The number of benzene rings is 1. The van der Waals surface area contributed by atoms with E-state index in [2.05, 4.69) is 43.1 Å². The van der Waals surface area contributed by atoms with Crippen LogP contribution in [0.3, 0.4) is 0 Å². The fourth-order valence-electron chi connectivity index (χ4n) is 3.09. The normalized spacial score (nSPS) is 23.5. The second-order valence-electron chi connectivity index (χ2n) is 6.08. The molecule has 1 aromatic rings. The molecule has 1 heterocycles. The van der Waals surface area contributed by atoms with E-state index in [1.165, 1.54) is 24.8 Å². The first-order valence-corrected chi connectivity index (χ1v) is 8.20. The molecule has 0 saturated carbocycles. The molecule has 1 aliphatic rings. The Morgan fingerprint density at radius 2 is 1.90 bits per heavy atom. The molecule has 1 fully saturated rings. The first kappa shape index (κ1) is 15.8. The summed E-state index contributed by atoms with van der Waals surface area (Å²) in [6, 6.07) is 8.90. The molecule has 0 bridgehead atoms. The van der Waals surface area contributed by atoms with Crippen LogP contribution in [0.25, 0.3) is 0 Å². The molecular formula is C17H27ClN2. The Kier molecular flexibility index (Phi) is 5.48. The van der Waals surface area contributed by atoms with Gasteiger partial charge in [-0.15, -0.1) is 0 Å². The van der Waals surface area contributed by atoms with Crippen LogP contribution in [-0.4, -0.2) is 29.6 Å². The largest absolute Gasteiger partial charge is 0.310 e. The Labute approximate surface area is 128 Å². The van der Waals surface area contributed by atoms with E-state index < -0.39 is 0 Å². The molecule has 20 heavy (non-hydrogen) atoms. The molecule has 1 aliphatic heterocycles. The van der Waals surface area contributed by atoms with Gasteiger partial charge in [0.15, 0.2) is 0 Å². The summed E-state index contributed by atoms with van der Waals surface area (Å²) in [6.07, 6.45) is 3.59. The standard InChI is InChI=1S/C17H27ClN2/c1-4-17(5-2)13-20(14(3)10-11-19-17)12-15-6-8-16(18)9-7-15/h6-9,14,19H,4-5,10-13H2,1-3H3. The van der Waals surface area contributed by atoms with Crippen molar-refractivity contribution < 1.29 is 0 Å². The summed E-state index contributed by atoms with van der Waals surface area (Å²) in [5, 5.41) is 4.60. The molecular weight excluding hydrogens is 268 g/mol. The predicted molar refractivity (Wildman–Crippen MR) is 87.3 cm³/mol. The SMILES string of the molecule is CCC1(CC)CN(Cc2ccc(Cl)cc2)C(C)CCN1. The van der Waals surface area contributed by atoms with Gasteiger partial charge in [0.1, 0.15) is 0 Å². The lowest BCUT2D eigenvalue weighted by Crippen LogP contribution is -2.51. The van der Waals surface area contributed by atoms with Crippen LogP contribution in [0.5, 0.6) is 0 Å². The Morgan fingerprint density at radius 3 is 2.50 bits per heavy atom. The lowest BCUT2D eigenvalue weighted by atomic mass is 9.92. The van der Waals surface area contributed by atoms with E-state index in [0.29, 0.717) is 6.04 Å². The average Bonchev–Trinajstić information content (AvgIpc) is 2.62. The molecule has 0 radical (unpaired) electrons. The summed E-state index contributed by atoms with van der Waals surface area (Å²) in [4.78, 5) is 2.62. The van der Waals surface area contributed by atoms with Crippen molar-refractivity contribution in [1.29, 1.82) is 0 Å². The third-order valence-corrected chi connectivity index (χ3v) is 5.10. The summed E-state index contributed by atoms with van der Waals surface area (Å²) in [6.45, 7) is 10.2. The topological polar surface area (TPSA) is 15.3 Å². The van der Waals surface area contributed by atoms with Gasteiger partial charge in [-0.05, 0) is 50.4 Å². The molecule has 0 aliphatic carbocycles. The van der Waals surface area contributed by atoms with Gasteiger partial charge in [0, 0.05) is 29.7 Å². The van der Waals surface area contributed by atoms with E-state index in [9.17, 15) is 0 Å². The zero-order valence-corrected chi connectivity index (χ0v) is 13.7. The van der Waals surface area contributed by atoms with Gasteiger partial charge < -0.3 is 5.32 Å². The summed E-state index contributed by atoms with van der Waals surface area (Å²) >= 11 is 5.98. The van der Waals surface area contributed by atoms with Gasteiger partial charge in [-0.25, -0.2) is 0 Å². The summed E-state index contributed by atoms with van der Waals surface area (Å²) in [5.74, 6) is 0. The third kappa shape index (κ3) is 3.75. The van der Waals surface area contributed by atoms with Crippen molar-refractivity contribution in [3.8, 4) is 0 Å². The van der Waals surface area contributed by atoms with Crippen molar-refractivity contribution in [2.45, 2.75) is 58.2 Å². The summed E-state index contributed by atoms with van der Waals surface area (Å²) < 4.78 is 0. The fraction of sp³-hybridized carbons (Fsp3) is 0.647. The van der Waals surface area contributed by atoms with Crippen molar-refractivity contribution in [2.75, 3.05) is 13.1 Å². The van der Waals surface area contributed by atoms with Gasteiger partial charge in [-0.2, -0.15) is 0 Å². The minimum atomic E-state index is 0.275. The van der Waals surface area contributed by atoms with Gasteiger partial charge in [0.25, 0.3) is 0 Å². The lowest BCUT2D eigenvalue weighted by molar-refractivity contribution is 0.152. The third-order valence-electron chi connectivity index (χ3n) is 4.84. The van der Waals surface area contributed by atoms with E-state index in [1.807, 2.05) is 12.1 Å². The van der Waals surface area contributed by atoms with Crippen LogP contribution in [0.15, 0.2) is 24.3 Å². The molecule has 0 spiro atoms. The van der Waals surface area contributed by atoms with E-state index in [0.717, 1.165) is 24.7 Å². The van der Waals surface area contributed by atoms with Crippen LogP contribution in [0.1, 0.15) is 45.6 Å². The minimum Gasteiger partial charge on any atom is -0.310 e. The van der Waals surface area contributed by atoms with Crippen LogP contribution in [0, 0.1) is 0 Å². The number of hydrogen-bond donors (Lipinski definition) is 1. The van der Waals surface area contributed by atoms with Crippen molar-refractivity contribution in [3.63, 3.8) is 0 Å². The molecule has 1 saturated heterocycles. The quantitative estimate of drug-likeness (QED) is 0.900. The number of halogens is 1. The summed E-state index contributed by atoms with van der Waals surface area (Å²) in [7, 11) is 0. The van der Waals surface area contributed by atoms with E-state index in [4.69, 9.17) is 11.6 Å². The van der Waals surface area contributed by atoms with Crippen LogP contribution < -0.4 is 5.32 Å². The van der Waals surface area contributed by atoms with E-state index >= 15 is 0 Å². The Morgan fingerprint density at radius 1 is 1.25 bits per heavy atom. The molecule has 1 atom stereocenters. The first-order valence-electron chi connectivity index (χ1n) is 7.82. The van der Waals surface area contributed by atoms with E-state index in [1.54, 1.807) is 0 Å². The summed E-state index contributed by atoms with van der Waals surface area (Å²) in [5.41, 5.74) is 1.63. The van der Waals surface area contributed by atoms with Gasteiger partial charge in [0.2, 0.25) is 0 Å². The molecule has 1 aromatic carbocycles. The highest BCUT2D eigenvalue weighted by atomic mass is 35.5. The van der Waals surface area contributed by atoms with Crippen LogP contribution in [0.4, 0.5) is 0 Å². The molecule has 3 heteroatoms. The maximum Gasteiger partial charge on any atom is 0.0406 e. The second-order valence-corrected chi connectivity index (χ2v) is 6.52. The van der Waals surface area contributed by atoms with Gasteiger partial charge in [-0.3, -0.25) is 4.90 Å². The predicted octanol–water partition coefficient (Wildman–Crippen LogP) is 4.08. The zero-order valence-electron chi connectivity index (χ0n) is 13.0. The second kappa shape index (κ2) is 6.93. The number of nitrogens with one attached hydrogen (secondary N) is 1. The van der Waals surface area contributed by atoms with Crippen molar-refractivity contribution in [1.82, 2.24) is 10.2 Å². The maximum absolute atomic E-state index is 5.98. The van der Waals surface area contributed by atoms with Crippen LogP contribution in [-0.2, 0) is 6.54 Å². The van der Waals surface area contributed by atoms with Crippen molar-refractivity contribution in [3.05, 3.63) is 34.9 Å². The number of nitrogens with zero attached hydrogens (tertiary/aromatic N) is 1. The van der Waals surface area contributed by atoms with Gasteiger partial charge in [-0.1, -0.05) is 37.6 Å². The fourth-order valence-corrected chi connectivity index (χ4v) is 3.21. The van der Waals surface area contributed by atoms with Crippen LogP contribution in [0.2, 0.25) is 5.02 Å². The first-order chi connectivity index (χ1) is 9.58. The molecule has 1 N–H and O–H groups in total. The maximum atomic E-state index is 5.98. The number of rotatable bonds is 4. The lowest BCUT2D eigenvalue weighted by Gasteiger charge is -2.37. The Bertz CT molecular complexity index is 412. The highest BCUT2D eigenvalue weighted by Gasteiger charge is 2.32. The monoisotopic (exact) mass is 294 g/mol. The van der Waals surface area contributed by atoms with Crippen LogP contribution >= 0.6 is 11.6 Å². The molecule has 1 unspecified atom stereocenters. The molecule has 0 aromatic heterocycles. The van der Waals surface area contributed by atoms with Gasteiger partial charge >= 0.3 is 0 Å². The molecule has 112 valence electrons. The average molecular weight is 295 g/mol. The smallest absolute Gasteiger partial charge is 0.0406 e. The van der Waals surface area contributed by atoms with Crippen molar-refractivity contribution >= 4 is 11.6 Å². The molecule has 2 rings (SSSR count).